The first kappa shape index (κ1) is 16.9. The Kier molecular flexibility index (Phi) is 4.87. The van der Waals surface area contributed by atoms with Gasteiger partial charge in [0.15, 0.2) is 0 Å². The van der Waals surface area contributed by atoms with Crippen LogP contribution in [0.4, 0.5) is 10.1 Å². The smallest absolute Gasteiger partial charge is 0.285 e. The Balaban J connectivity index is 2.09. The number of thioether (sulfide) groups is 1. The molecule has 0 saturated carbocycles. The lowest BCUT2D eigenvalue weighted by Crippen LogP contribution is -2.30. The van der Waals surface area contributed by atoms with Crippen LogP contribution >= 0.6 is 11.8 Å². The molecule has 1 unspecified atom stereocenters. The van der Waals surface area contributed by atoms with E-state index in [4.69, 9.17) is 0 Å². The lowest BCUT2D eigenvalue weighted by atomic mass is 9.89. The molecule has 3 rings (SSSR count). The monoisotopic (exact) mass is 346 g/mol. The highest BCUT2D eigenvalue weighted by atomic mass is 32.2. The van der Waals surface area contributed by atoms with Crippen LogP contribution in [-0.2, 0) is 6.42 Å². The van der Waals surface area contributed by atoms with Crippen molar-refractivity contribution in [3.63, 3.8) is 0 Å². The Morgan fingerprint density at radius 2 is 2.17 bits per heavy atom. The number of nitro groups is 1. The van der Waals surface area contributed by atoms with Gasteiger partial charge in [0.25, 0.3) is 5.69 Å². The summed E-state index contributed by atoms with van der Waals surface area (Å²) in [5.41, 5.74) is 3.87. The van der Waals surface area contributed by atoms with E-state index in [1.807, 2.05) is 25.1 Å². The molecule has 0 spiro atoms. The second kappa shape index (κ2) is 6.91. The van der Waals surface area contributed by atoms with Gasteiger partial charge >= 0.3 is 0 Å². The third kappa shape index (κ3) is 3.16. The molecule has 0 aromatic heterocycles. The van der Waals surface area contributed by atoms with Crippen LogP contribution in [0, 0.1) is 22.9 Å². The molecule has 1 aliphatic rings. The third-order valence-corrected chi connectivity index (χ3v) is 5.17. The molecule has 0 aliphatic carbocycles. The van der Waals surface area contributed by atoms with Crippen LogP contribution in [0.25, 0.3) is 0 Å². The van der Waals surface area contributed by atoms with Gasteiger partial charge in [0.1, 0.15) is 5.82 Å². The van der Waals surface area contributed by atoms with E-state index in [-0.39, 0.29) is 22.5 Å². The molecule has 0 radical (unpaired) electrons. The average Bonchev–Trinajstić information content (AvgIpc) is 2.53. The second-order valence-electron chi connectivity index (χ2n) is 5.85. The zero-order valence-corrected chi connectivity index (χ0v) is 14.5. The summed E-state index contributed by atoms with van der Waals surface area (Å²) in [7, 11) is 0. The van der Waals surface area contributed by atoms with Crippen LogP contribution in [0.3, 0.4) is 0 Å². The van der Waals surface area contributed by atoms with Crippen LogP contribution < -0.4 is 5.32 Å². The van der Waals surface area contributed by atoms with Gasteiger partial charge in [-0.1, -0.05) is 13.0 Å². The Labute approximate surface area is 144 Å². The highest BCUT2D eigenvalue weighted by Crippen LogP contribution is 2.37. The number of hydrogen-bond donors (Lipinski definition) is 1. The van der Waals surface area contributed by atoms with E-state index >= 15 is 0 Å². The van der Waals surface area contributed by atoms with E-state index in [2.05, 4.69) is 5.32 Å². The molecule has 0 bridgehead atoms. The minimum atomic E-state index is -0.311. The predicted octanol–water partition coefficient (Wildman–Crippen LogP) is 4.39. The number of fused-ring (bicyclic) bond motifs is 1. The van der Waals surface area contributed by atoms with Gasteiger partial charge in [-0.2, -0.15) is 0 Å². The molecule has 0 amide bonds. The van der Waals surface area contributed by atoms with Gasteiger partial charge in [0.05, 0.1) is 15.9 Å². The summed E-state index contributed by atoms with van der Waals surface area (Å²) in [6.07, 6.45) is 0.784. The second-order valence-corrected chi connectivity index (χ2v) is 7.16. The Bertz CT molecular complexity index is 795. The average molecular weight is 346 g/mol. The first-order valence-corrected chi connectivity index (χ1v) is 8.93. The van der Waals surface area contributed by atoms with Gasteiger partial charge < -0.3 is 5.32 Å². The first-order chi connectivity index (χ1) is 11.5. The number of hydrogen-bond acceptors (Lipinski definition) is 4. The molecule has 24 heavy (non-hydrogen) atoms. The maximum absolute atomic E-state index is 13.5. The topological polar surface area (TPSA) is 55.2 Å². The Hall–Kier alpha value is -1.92. The van der Waals surface area contributed by atoms with Crippen LogP contribution in [0.15, 0.2) is 35.2 Å². The number of benzene rings is 2. The quantitative estimate of drug-likeness (QED) is 0.507. The summed E-state index contributed by atoms with van der Waals surface area (Å²) in [5.74, 6) is 0.542. The van der Waals surface area contributed by atoms with E-state index in [1.165, 1.54) is 17.8 Å². The van der Waals surface area contributed by atoms with Gasteiger partial charge in [-0.05, 0) is 60.1 Å². The van der Waals surface area contributed by atoms with Crippen molar-refractivity contribution in [2.45, 2.75) is 31.2 Å². The molecule has 2 aromatic rings. The van der Waals surface area contributed by atoms with Crippen molar-refractivity contribution >= 4 is 17.4 Å². The van der Waals surface area contributed by atoms with Crippen molar-refractivity contribution < 1.29 is 9.31 Å². The Morgan fingerprint density at radius 3 is 2.88 bits per heavy atom. The maximum Gasteiger partial charge on any atom is 0.285 e. The van der Waals surface area contributed by atoms with Crippen molar-refractivity contribution in [1.29, 1.82) is 0 Å². The Morgan fingerprint density at radius 1 is 1.38 bits per heavy atom. The normalized spacial score (nSPS) is 16.7. The molecule has 126 valence electrons. The molecule has 0 fully saturated rings. The van der Waals surface area contributed by atoms with Crippen molar-refractivity contribution in [3.8, 4) is 0 Å². The summed E-state index contributed by atoms with van der Waals surface area (Å²) >= 11 is 1.48. The van der Waals surface area contributed by atoms with E-state index in [9.17, 15) is 14.5 Å². The lowest BCUT2D eigenvalue weighted by Gasteiger charge is -2.28. The van der Waals surface area contributed by atoms with Gasteiger partial charge in [-0.25, -0.2) is 4.39 Å². The zero-order valence-electron chi connectivity index (χ0n) is 13.6. The molecular weight excluding hydrogens is 327 g/mol. The highest BCUT2D eigenvalue weighted by molar-refractivity contribution is 7.99. The van der Waals surface area contributed by atoms with E-state index in [0.717, 1.165) is 35.4 Å². The molecule has 1 atom stereocenters. The van der Waals surface area contributed by atoms with Gasteiger partial charge in [-0.15, -0.1) is 11.8 Å². The maximum atomic E-state index is 13.5. The number of rotatable bonds is 4. The van der Waals surface area contributed by atoms with Crippen LogP contribution in [0.1, 0.15) is 35.2 Å². The summed E-state index contributed by atoms with van der Waals surface area (Å²) in [6.45, 7) is 4.51. The number of nitrogens with zero attached hydrogens (tertiary/aromatic N) is 1. The molecule has 1 N–H and O–H groups in total. The fourth-order valence-corrected chi connectivity index (χ4v) is 4.17. The number of halogens is 1. The van der Waals surface area contributed by atoms with Gasteiger partial charge in [0.2, 0.25) is 0 Å². The summed E-state index contributed by atoms with van der Waals surface area (Å²) in [4.78, 5) is 11.8. The number of nitrogens with one attached hydrogen (secondary N) is 1. The van der Waals surface area contributed by atoms with Crippen LogP contribution in [0.2, 0.25) is 0 Å². The lowest BCUT2D eigenvalue weighted by molar-refractivity contribution is -0.388. The van der Waals surface area contributed by atoms with Crippen molar-refractivity contribution in [2.75, 3.05) is 12.3 Å². The van der Waals surface area contributed by atoms with Crippen LogP contribution in [0.5, 0.6) is 0 Å². The number of nitro benzene ring substituents is 1. The number of aryl methyl sites for hydroxylation is 1. The minimum absolute atomic E-state index is 0.0648. The minimum Gasteiger partial charge on any atom is -0.306 e. The van der Waals surface area contributed by atoms with E-state index < -0.39 is 0 Å². The predicted molar refractivity (Wildman–Crippen MR) is 94.2 cm³/mol. The van der Waals surface area contributed by atoms with Crippen molar-refractivity contribution in [1.82, 2.24) is 5.32 Å². The summed E-state index contributed by atoms with van der Waals surface area (Å²) in [6, 6.07) is 8.57. The summed E-state index contributed by atoms with van der Waals surface area (Å²) in [5, 5.41) is 14.8. The first-order valence-electron chi connectivity index (χ1n) is 7.94. The van der Waals surface area contributed by atoms with Crippen molar-refractivity contribution in [2.24, 2.45) is 0 Å². The molecule has 1 heterocycles. The van der Waals surface area contributed by atoms with E-state index in [1.54, 1.807) is 13.0 Å². The summed E-state index contributed by atoms with van der Waals surface area (Å²) < 4.78 is 13.5. The zero-order chi connectivity index (χ0) is 17.3. The van der Waals surface area contributed by atoms with E-state index in [0.29, 0.717) is 10.5 Å². The molecule has 2 aromatic carbocycles. The SMILES string of the molecule is CCSc1cc(C2NCCc3cc(F)ccc32)cc(C)c1[N+](=O)[O-]. The fourth-order valence-electron chi connectivity index (χ4n) is 3.27. The van der Waals surface area contributed by atoms with Gasteiger partial charge in [0, 0.05) is 12.1 Å². The standard InChI is InChI=1S/C18H19FN2O2S/c1-3-24-16-10-13(8-11(2)18(16)21(22)23)17-15-5-4-14(19)9-12(15)6-7-20-17/h4-5,8-10,17,20H,3,6-7H2,1-2H3. The molecule has 0 saturated heterocycles. The highest BCUT2D eigenvalue weighted by Gasteiger charge is 2.25. The van der Waals surface area contributed by atoms with Crippen molar-refractivity contribution in [3.05, 3.63) is 68.5 Å². The fraction of sp³-hybridized carbons (Fsp3) is 0.333. The molecule has 6 heteroatoms. The van der Waals surface area contributed by atoms with Gasteiger partial charge in [-0.3, -0.25) is 10.1 Å². The molecule has 4 nitrogen and oxygen atoms in total. The molecular formula is C18H19FN2O2S. The third-order valence-electron chi connectivity index (χ3n) is 4.26. The largest absolute Gasteiger partial charge is 0.306 e. The van der Waals surface area contributed by atoms with Crippen LogP contribution in [-0.4, -0.2) is 17.2 Å². The molecule has 1 aliphatic heterocycles.